The second-order valence-corrected chi connectivity index (χ2v) is 17.2. The van der Waals surface area contributed by atoms with E-state index in [1.807, 2.05) is 73.7 Å². The molecule has 0 bridgehead atoms. The molecule has 4 aromatic rings. The zero-order chi connectivity index (χ0) is 34.4. The molecule has 4 aromatic carbocycles. The number of methoxy groups -OCH3 is 1. The molecule has 0 radical (unpaired) electrons. The van der Waals surface area contributed by atoms with Crippen molar-refractivity contribution >= 4 is 24.7 Å². The van der Waals surface area contributed by atoms with Crippen molar-refractivity contribution in [2.24, 2.45) is 0 Å². The van der Waals surface area contributed by atoms with Crippen LogP contribution < -0.4 is 15.1 Å². The molecule has 6 nitrogen and oxygen atoms in total. The summed E-state index contributed by atoms with van der Waals surface area (Å²) in [4.78, 5) is 12.6. The lowest BCUT2D eigenvalue weighted by molar-refractivity contribution is -0.137. The number of hydrogen-bond donors (Lipinski definition) is 0. The maximum atomic E-state index is 12.6. The predicted molar refractivity (Wildman–Crippen MR) is 195 cm³/mol. The van der Waals surface area contributed by atoms with E-state index in [2.05, 4.69) is 69.3 Å². The fourth-order valence-electron chi connectivity index (χ4n) is 6.08. The van der Waals surface area contributed by atoms with Crippen molar-refractivity contribution in [1.82, 2.24) is 0 Å². The number of carbonyl (C=O) groups is 1. The Morgan fingerprint density at radius 1 is 0.750 bits per heavy atom. The van der Waals surface area contributed by atoms with Crippen LogP contribution in [-0.4, -0.2) is 46.8 Å². The minimum atomic E-state index is -2.78. The molecule has 0 amide bonds. The van der Waals surface area contributed by atoms with Gasteiger partial charge in [0.1, 0.15) is 11.9 Å². The van der Waals surface area contributed by atoms with Crippen molar-refractivity contribution in [3.05, 3.63) is 138 Å². The third-order valence-corrected chi connectivity index (χ3v) is 13.5. The van der Waals surface area contributed by atoms with Gasteiger partial charge in [-0.05, 0) is 64.5 Å². The Morgan fingerprint density at radius 2 is 1.27 bits per heavy atom. The monoisotopic (exact) mass is 666 g/mol. The molecule has 0 saturated carbocycles. The van der Waals surface area contributed by atoms with Crippen molar-refractivity contribution in [1.29, 1.82) is 0 Å². The lowest BCUT2D eigenvalue weighted by atomic mass is 10.0. The molecule has 7 heteroatoms. The molecule has 0 aromatic heterocycles. The van der Waals surface area contributed by atoms with E-state index in [-0.39, 0.29) is 5.04 Å². The average molecular weight is 667 g/mol. The molecule has 0 aliphatic rings. The van der Waals surface area contributed by atoms with Crippen molar-refractivity contribution in [3.8, 4) is 5.75 Å². The normalized spacial score (nSPS) is 13.5. The summed E-state index contributed by atoms with van der Waals surface area (Å²) in [5, 5.41) is 2.27. The van der Waals surface area contributed by atoms with Gasteiger partial charge in [0.15, 0.2) is 0 Å². The summed E-state index contributed by atoms with van der Waals surface area (Å²) in [6.45, 7) is 12.0. The van der Waals surface area contributed by atoms with E-state index in [0.29, 0.717) is 32.8 Å². The van der Waals surface area contributed by atoms with Crippen molar-refractivity contribution in [2.45, 2.75) is 71.5 Å². The Bertz CT molecular complexity index is 1510. The van der Waals surface area contributed by atoms with Gasteiger partial charge in [-0.2, -0.15) is 0 Å². The van der Waals surface area contributed by atoms with Gasteiger partial charge in [0.2, 0.25) is 0 Å². The third kappa shape index (κ3) is 9.77. The second-order valence-electron chi connectivity index (χ2n) is 12.9. The van der Waals surface area contributed by atoms with Crippen LogP contribution in [-0.2, 0) is 36.6 Å². The van der Waals surface area contributed by atoms with Crippen LogP contribution in [0.4, 0.5) is 0 Å². The van der Waals surface area contributed by atoms with E-state index in [1.165, 1.54) is 16.4 Å². The smallest absolute Gasteiger partial charge is 0.330 e. The molecule has 0 aliphatic heterocycles. The summed E-state index contributed by atoms with van der Waals surface area (Å²) < 4.78 is 31.2. The van der Waals surface area contributed by atoms with E-state index < -0.39 is 26.5 Å². The molecule has 0 N–H and O–H groups in total. The number of ether oxygens (including phenoxy) is 4. The molecule has 0 heterocycles. The highest BCUT2D eigenvalue weighted by atomic mass is 28.4. The SMILES string of the molecule is CCOC(=O)/C=C(\C)[C@@H](OCc1ccccc1)[C@H](CCO[Si](c1ccccc1)(c1ccccc1)C(C)(C)C)OCc1ccc(OC)cc1. The van der Waals surface area contributed by atoms with Gasteiger partial charge in [0.25, 0.3) is 8.32 Å². The number of esters is 1. The number of carbonyl (C=O) groups excluding carboxylic acids is 1. The van der Waals surface area contributed by atoms with Crippen molar-refractivity contribution < 1.29 is 28.2 Å². The molecule has 48 heavy (non-hydrogen) atoms. The lowest BCUT2D eigenvalue weighted by Crippen LogP contribution is -2.66. The van der Waals surface area contributed by atoms with Crippen LogP contribution in [0.25, 0.3) is 0 Å². The van der Waals surface area contributed by atoms with Crippen molar-refractivity contribution in [3.63, 3.8) is 0 Å². The Kier molecular flexibility index (Phi) is 13.8. The fourth-order valence-corrected chi connectivity index (χ4v) is 10.7. The Morgan fingerprint density at radius 3 is 1.79 bits per heavy atom. The molecule has 2 atom stereocenters. The second kappa shape index (κ2) is 17.9. The van der Waals surface area contributed by atoms with Crippen molar-refractivity contribution in [2.75, 3.05) is 20.3 Å². The first kappa shape index (κ1) is 36.8. The highest BCUT2D eigenvalue weighted by Crippen LogP contribution is 2.37. The third-order valence-electron chi connectivity index (χ3n) is 8.45. The van der Waals surface area contributed by atoms with Gasteiger partial charge >= 0.3 is 5.97 Å². The fraction of sp³-hybridized carbons (Fsp3) is 0.341. The summed E-state index contributed by atoms with van der Waals surface area (Å²) in [5.41, 5.74) is 2.76. The van der Waals surface area contributed by atoms with Crippen LogP contribution >= 0.6 is 0 Å². The van der Waals surface area contributed by atoms with Crippen LogP contribution in [0.1, 0.15) is 52.2 Å². The summed E-state index contributed by atoms with van der Waals surface area (Å²) in [6, 6.07) is 39.1. The first-order valence-electron chi connectivity index (χ1n) is 16.7. The molecule has 0 fully saturated rings. The van der Waals surface area contributed by atoms with Gasteiger partial charge in [-0.3, -0.25) is 0 Å². The van der Waals surface area contributed by atoms with Gasteiger partial charge in [0.05, 0.1) is 33.0 Å². The lowest BCUT2D eigenvalue weighted by Gasteiger charge is -2.43. The molecule has 0 unspecified atom stereocenters. The minimum Gasteiger partial charge on any atom is -0.497 e. The van der Waals surface area contributed by atoms with E-state index in [4.69, 9.17) is 23.4 Å². The molecule has 4 rings (SSSR count). The quantitative estimate of drug-likeness (QED) is 0.0656. The largest absolute Gasteiger partial charge is 0.497 e. The van der Waals surface area contributed by atoms with Crippen LogP contribution in [0.3, 0.4) is 0 Å². The number of hydrogen-bond acceptors (Lipinski definition) is 6. The summed E-state index contributed by atoms with van der Waals surface area (Å²) >= 11 is 0. The van der Waals surface area contributed by atoms with Gasteiger partial charge in [0, 0.05) is 12.7 Å². The van der Waals surface area contributed by atoms with E-state index in [9.17, 15) is 4.79 Å². The minimum absolute atomic E-state index is 0.169. The van der Waals surface area contributed by atoms with Crippen LogP contribution in [0, 0.1) is 0 Å². The standard InChI is InChI=1S/C41H50O6Si/c1-7-44-39(42)29-32(2)40(46-31-33-17-11-8-12-18-33)38(45-30-34-23-25-35(43-6)26-24-34)27-28-47-48(41(3,4)5,36-19-13-9-14-20-36)37-21-15-10-16-22-37/h8-26,29,38,40H,7,27-28,30-31H2,1-6H3/b32-29+/t38-,40+/m0/s1. The summed E-state index contributed by atoms with van der Waals surface area (Å²) in [5.74, 6) is 0.382. The number of rotatable bonds is 17. The highest BCUT2D eigenvalue weighted by molar-refractivity contribution is 6.99. The summed E-state index contributed by atoms with van der Waals surface area (Å²) in [6.07, 6.45) is 1.09. The maximum Gasteiger partial charge on any atom is 0.330 e. The van der Waals surface area contributed by atoms with Crippen LogP contribution in [0.5, 0.6) is 5.75 Å². The van der Waals surface area contributed by atoms with E-state index >= 15 is 0 Å². The molecule has 0 spiro atoms. The Balaban J connectivity index is 1.69. The van der Waals surface area contributed by atoms with E-state index in [0.717, 1.165) is 22.4 Å². The first-order chi connectivity index (χ1) is 23.2. The molecule has 0 aliphatic carbocycles. The zero-order valence-electron chi connectivity index (χ0n) is 29.2. The molecular weight excluding hydrogens is 617 g/mol. The molecule has 254 valence electrons. The van der Waals surface area contributed by atoms with Gasteiger partial charge in [-0.1, -0.05) is 124 Å². The maximum absolute atomic E-state index is 12.6. The first-order valence-corrected chi connectivity index (χ1v) is 18.6. The predicted octanol–water partition coefficient (Wildman–Crippen LogP) is 7.64. The Hall–Kier alpha value is -4.01. The van der Waals surface area contributed by atoms with Gasteiger partial charge < -0.3 is 23.4 Å². The number of benzene rings is 4. The molecular formula is C41H50O6Si. The van der Waals surface area contributed by atoms with Gasteiger partial charge in [-0.15, -0.1) is 0 Å². The molecule has 0 saturated heterocycles. The van der Waals surface area contributed by atoms with E-state index in [1.54, 1.807) is 14.0 Å². The topological polar surface area (TPSA) is 63.2 Å². The highest BCUT2D eigenvalue weighted by Gasteiger charge is 2.50. The zero-order valence-corrected chi connectivity index (χ0v) is 30.2. The average Bonchev–Trinajstić information content (AvgIpc) is 3.09. The summed E-state index contributed by atoms with van der Waals surface area (Å²) in [7, 11) is -1.13. The van der Waals surface area contributed by atoms with Gasteiger partial charge in [-0.25, -0.2) is 4.79 Å². The Labute approximate surface area is 287 Å². The van der Waals surface area contributed by atoms with Crippen LogP contribution in [0.2, 0.25) is 5.04 Å². The van der Waals surface area contributed by atoms with Crippen LogP contribution in [0.15, 0.2) is 127 Å².